The molecular formula is C15H23FN2O. The Morgan fingerprint density at radius 1 is 1.32 bits per heavy atom. The van der Waals surface area contributed by atoms with Gasteiger partial charge in [-0.1, -0.05) is 12.5 Å². The monoisotopic (exact) mass is 266 g/mol. The van der Waals surface area contributed by atoms with Gasteiger partial charge in [0.1, 0.15) is 0 Å². The highest BCUT2D eigenvalue weighted by Gasteiger charge is 2.14. The molecule has 1 aliphatic heterocycles. The van der Waals surface area contributed by atoms with E-state index < -0.39 is 0 Å². The SMILES string of the molecule is COc1ccc(CC(N)CN2CCCCC2)cc1F. The molecule has 1 atom stereocenters. The van der Waals surface area contributed by atoms with Crippen LogP contribution < -0.4 is 10.5 Å². The summed E-state index contributed by atoms with van der Waals surface area (Å²) >= 11 is 0. The molecule has 4 heteroatoms. The summed E-state index contributed by atoms with van der Waals surface area (Å²) in [4.78, 5) is 2.41. The summed E-state index contributed by atoms with van der Waals surface area (Å²) in [6.45, 7) is 3.18. The minimum Gasteiger partial charge on any atom is -0.494 e. The number of methoxy groups -OCH3 is 1. The van der Waals surface area contributed by atoms with Crippen LogP contribution >= 0.6 is 0 Å². The number of rotatable bonds is 5. The number of nitrogens with zero attached hydrogens (tertiary/aromatic N) is 1. The lowest BCUT2D eigenvalue weighted by molar-refractivity contribution is 0.215. The van der Waals surface area contributed by atoms with Crippen molar-refractivity contribution < 1.29 is 9.13 Å². The zero-order valence-corrected chi connectivity index (χ0v) is 11.6. The first-order chi connectivity index (χ1) is 9.19. The molecule has 1 unspecified atom stereocenters. The molecule has 106 valence electrons. The molecule has 0 aromatic heterocycles. The topological polar surface area (TPSA) is 38.5 Å². The average molecular weight is 266 g/mol. The summed E-state index contributed by atoms with van der Waals surface area (Å²) in [5.74, 6) is -0.0291. The van der Waals surface area contributed by atoms with E-state index in [4.69, 9.17) is 10.5 Å². The van der Waals surface area contributed by atoms with Crippen LogP contribution in [0.25, 0.3) is 0 Å². The van der Waals surface area contributed by atoms with Gasteiger partial charge in [0.15, 0.2) is 11.6 Å². The van der Waals surface area contributed by atoms with Crippen molar-refractivity contribution >= 4 is 0 Å². The molecular weight excluding hydrogens is 243 g/mol. The Labute approximate surface area is 114 Å². The minimum absolute atomic E-state index is 0.0610. The summed E-state index contributed by atoms with van der Waals surface area (Å²) in [6.07, 6.45) is 4.57. The van der Waals surface area contributed by atoms with Crippen LogP contribution in [0.4, 0.5) is 4.39 Å². The molecule has 0 saturated carbocycles. The second kappa shape index (κ2) is 6.87. The highest BCUT2D eigenvalue weighted by Crippen LogP contribution is 2.18. The molecule has 2 N–H and O–H groups in total. The lowest BCUT2D eigenvalue weighted by atomic mass is 10.0. The Balaban J connectivity index is 1.87. The summed E-state index contributed by atoms with van der Waals surface area (Å²) in [6, 6.07) is 5.14. The molecule has 2 rings (SSSR count). The van der Waals surface area contributed by atoms with Crippen molar-refractivity contribution in [2.45, 2.75) is 31.7 Å². The maximum Gasteiger partial charge on any atom is 0.165 e. The smallest absolute Gasteiger partial charge is 0.165 e. The van der Waals surface area contributed by atoms with Crippen molar-refractivity contribution in [1.82, 2.24) is 4.90 Å². The zero-order valence-electron chi connectivity index (χ0n) is 11.6. The van der Waals surface area contributed by atoms with Crippen LogP contribution in [0.3, 0.4) is 0 Å². The number of hydrogen-bond acceptors (Lipinski definition) is 3. The summed E-state index contributed by atoms with van der Waals surface area (Å²) in [5.41, 5.74) is 7.09. The van der Waals surface area contributed by atoms with Crippen molar-refractivity contribution in [3.8, 4) is 5.75 Å². The third kappa shape index (κ3) is 4.18. The van der Waals surface area contributed by atoms with E-state index in [1.165, 1.54) is 32.4 Å². The molecule has 0 aliphatic carbocycles. The number of halogens is 1. The van der Waals surface area contributed by atoms with Crippen LogP contribution in [0.1, 0.15) is 24.8 Å². The van der Waals surface area contributed by atoms with Crippen LogP contribution in [0.15, 0.2) is 18.2 Å². The number of piperidine rings is 1. The molecule has 1 aromatic rings. The minimum atomic E-state index is -0.315. The van der Waals surface area contributed by atoms with E-state index in [2.05, 4.69) is 4.90 Å². The van der Waals surface area contributed by atoms with Crippen LogP contribution in [-0.4, -0.2) is 37.7 Å². The van der Waals surface area contributed by atoms with E-state index >= 15 is 0 Å². The van der Waals surface area contributed by atoms with Crippen molar-refractivity contribution in [2.75, 3.05) is 26.7 Å². The third-order valence-corrected chi connectivity index (χ3v) is 3.66. The number of benzene rings is 1. The van der Waals surface area contributed by atoms with E-state index in [0.717, 1.165) is 25.2 Å². The molecule has 3 nitrogen and oxygen atoms in total. The summed E-state index contributed by atoms with van der Waals surface area (Å²) in [5, 5.41) is 0. The van der Waals surface area contributed by atoms with Gasteiger partial charge >= 0.3 is 0 Å². The predicted octanol–water partition coefficient (Wildman–Crippen LogP) is 2.19. The predicted molar refractivity (Wildman–Crippen MR) is 74.9 cm³/mol. The maximum atomic E-state index is 13.6. The van der Waals surface area contributed by atoms with E-state index in [0.29, 0.717) is 6.42 Å². The Hall–Kier alpha value is -1.13. The Bertz CT molecular complexity index is 405. The number of likely N-dealkylation sites (tertiary alicyclic amines) is 1. The van der Waals surface area contributed by atoms with Gasteiger partial charge in [-0.25, -0.2) is 4.39 Å². The molecule has 0 bridgehead atoms. The third-order valence-electron chi connectivity index (χ3n) is 3.66. The van der Waals surface area contributed by atoms with Crippen LogP contribution in [0, 0.1) is 5.82 Å². The first kappa shape index (κ1) is 14.3. The molecule has 1 aliphatic rings. The number of ether oxygens (including phenoxy) is 1. The van der Waals surface area contributed by atoms with Crippen molar-refractivity contribution in [3.63, 3.8) is 0 Å². The van der Waals surface area contributed by atoms with Gasteiger partial charge in [-0.15, -0.1) is 0 Å². The van der Waals surface area contributed by atoms with Gasteiger partial charge < -0.3 is 15.4 Å². The van der Waals surface area contributed by atoms with Gasteiger partial charge in [0.25, 0.3) is 0 Å². The fourth-order valence-electron chi connectivity index (χ4n) is 2.68. The first-order valence-corrected chi connectivity index (χ1v) is 6.99. The highest BCUT2D eigenvalue weighted by atomic mass is 19.1. The lowest BCUT2D eigenvalue weighted by Gasteiger charge is -2.29. The highest BCUT2D eigenvalue weighted by molar-refractivity contribution is 5.29. The Morgan fingerprint density at radius 2 is 2.05 bits per heavy atom. The van der Waals surface area contributed by atoms with Crippen molar-refractivity contribution in [2.24, 2.45) is 5.73 Å². The fraction of sp³-hybridized carbons (Fsp3) is 0.600. The van der Waals surface area contributed by atoms with Gasteiger partial charge in [0.2, 0.25) is 0 Å². The lowest BCUT2D eigenvalue weighted by Crippen LogP contribution is -2.41. The molecule has 19 heavy (non-hydrogen) atoms. The Kier molecular flexibility index (Phi) is 5.16. The largest absolute Gasteiger partial charge is 0.494 e. The van der Waals surface area contributed by atoms with Gasteiger partial charge in [-0.2, -0.15) is 0 Å². The van der Waals surface area contributed by atoms with Crippen molar-refractivity contribution in [3.05, 3.63) is 29.6 Å². The summed E-state index contributed by atoms with van der Waals surface area (Å²) in [7, 11) is 1.47. The van der Waals surface area contributed by atoms with E-state index in [-0.39, 0.29) is 17.6 Å². The number of nitrogens with two attached hydrogens (primary N) is 1. The van der Waals surface area contributed by atoms with E-state index in [1.807, 2.05) is 6.07 Å². The van der Waals surface area contributed by atoms with Crippen LogP contribution in [0.2, 0.25) is 0 Å². The molecule has 0 radical (unpaired) electrons. The maximum absolute atomic E-state index is 13.6. The number of hydrogen-bond donors (Lipinski definition) is 1. The van der Waals surface area contributed by atoms with Gasteiger partial charge in [0.05, 0.1) is 7.11 Å². The normalized spacial score (nSPS) is 18.3. The molecule has 1 saturated heterocycles. The van der Waals surface area contributed by atoms with Gasteiger partial charge in [-0.05, 0) is 50.0 Å². The van der Waals surface area contributed by atoms with Gasteiger partial charge in [-0.3, -0.25) is 0 Å². The summed E-state index contributed by atoms with van der Waals surface area (Å²) < 4.78 is 18.5. The standard InChI is InChI=1S/C15H23FN2O/c1-19-15-6-5-12(10-14(15)16)9-13(17)11-18-7-3-2-4-8-18/h5-6,10,13H,2-4,7-9,11,17H2,1H3. The average Bonchev–Trinajstić information content (AvgIpc) is 2.40. The molecule has 0 spiro atoms. The first-order valence-electron chi connectivity index (χ1n) is 6.99. The molecule has 1 heterocycles. The van der Waals surface area contributed by atoms with Crippen LogP contribution in [-0.2, 0) is 6.42 Å². The molecule has 1 fully saturated rings. The molecule has 0 amide bonds. The second-order valence-electron chi connectivity index (χ2n) is 5.29. The quantitative estimate of drug-likeness (QED) is 0.888. The molecule has 1 aromatic carbocycles. The van der Waals surface area contributed by atoms with Gasteiger partial charge in [0, 0.05) is 12.6 Å². The van der Waals surface area contributed by atoms with E-state index in [1.54, 1.807) is 6.07 Å². The second-order valence-corrected chi connectivity index (χ2v) is 5.29. The van der Waals surface area contributed by atoms with E-state index in [9.17, 15) is 4.39 Å². The van der Waals surface area contributed by atoms with Crippen molar-refractivity contribution in [1.29, 1.82) is 0 Å². The Morgan fingerprint density at radius 3 is 2.68 bits per heavy atom. The zero-order chi connectivity index (χ0) is 13.7. The fourth-order valence-corrected chi connectivity index (χ4v) is 2.68. The van der Waals surface area contributed by atoms with Crippen LogP contribution in [0.5, 0.6) is 5.75 Å².